The molecule has 36 heavy (non-hydrogen) atoms. The van der Waals surface area contributed by atoms with Gasteiger partial charge in [0, 0.05) is 49.4 Å². The molecule has 1 amide bonds. The molecule has 0 aliphatic rings. The smallest absolute Gasteiger partial charge is 0.246 e. The summed E-state index contributed by atoms with van der Waals surface area (Å²) < 4.78 is 12.6. The van der Waals surface area contributed by atoms with Crippen molar-refractivity contribution in [2.75, 3.05) is 27.8 Å². The Morgan fingerprint density at radius 1 is 1.00 bits per heavy atom. The largest absolute Gasteiger partial charge is 0.493 e. The van der Waals surface area contributed by atoms with E-state index >= 15 is 0 Å². The van der Waals surface area contributed by atoms with Crippen molar-refractivity contribution < 1.29 is 14.3 Å². The molecule has 184 valence electrons. The van der Waals surface area contributed by atoms with Crippen LogP contribution in [0.4, 0.5) is 0 Å². The number of amides is 1. The van der Waals surface area contributed by atoms with E-state index in [-0.39, 0.29) is 5.91 Å². The maximum Gasteiger partial charge on any atom is 0.246 e. The number of nitrogens with zero attached hydrogens (tertiary/aromatic N) is 4. The summed E-state index contributed by atoms with van der Waals surface area (Å²) in [6.45, 7) is 1.21. The van der Waals surface area contributed by atoms with Crippen molar-refractivity contribution >= 4 is 12.0 Å². The Morgan fingerprint density at radius 2 is 1.81 bits per heavy atom. The van der Waals surface area contributed by atoms with Crippen LogP contribution < -0.4 is 9.47 Å². The fourth-order valence-electron chi connectivity index (χ4n) is 3.87. The molecule has 0 fully saturated rings. The first-order valence-corrected chi connectivity index (χ1v) is 11.7. The predicted octanol–water partition coefficient (Wildman–Crippen LogP) is 4.72. The van der Waals surface area contributed by atoms with Crippen LogP contribution >= 0.6 is 0 Å². The molecular formula is C29H30N4O3. The van der Waals surface area contributed by atoms with Gasteiger partial charge in [-0.25, -0.2) is 0 Å². The monoisotopic (exact) mass is 482 g/mol. The van der Waals surface area contributed by atoms with Gasteiger partial charge in [-0.15, -0.1) is 0 Å². The molecule has 4 rings (SSSR count). The summed E-state index contributed by atoms with van der Waals surface area (Å²) in [4.78, 5) is 18.8. The number of benzene rings is 2. The lowest BCUT2D eigenvalue weighted by molar-refractivity contribution is -0.124. The summed E-state index contributed by atoms with van der Waals surface area (Å²) in [6, 6.07) is 19.8. The normalized spacial score (nSPS) is 11.0. The average molecular weight is 483 g/mol. The Labute approximate surface area is 211 Å². The summed E-state index contributed by atoms with van der Waals surface area (Å²) in [5.74, 6) is 1.29. The maximum atomic E-state index is 12.9. The topological polar surface area (TPSA) is 69.5 Å². The molecule has 0 spiro atoms. The highest BCUT2D eigenvalue weighted by molar-refractivity contribution is 5.92. The minimum absolute atomic E-state index is 0.0802. The highest BCUT2D eigenvalue weighted by Crippen LogP contribution is 2.28. The van der Waals surface area contributed by atoms with Crippen LogP contribution in [0.25, 0.3) is 17.3 Å². The van der Waals surface area contributed by atoms with Gasteiger partial charge >= 0.3 is 0 Å². The zero-order chi connectivity index (χ0) is 25.3. The standard InChI is InChI=1S/C29H30N4O3/c1-32(17-15-22-11-13-26(35-2)27(18-22)36-3)28(34)14-12-25-21-33(20-23-8-5-4-6-9-23)31-29(25)24-10-7-16-30-19-24/h4-14,16,18-19,21H,15,17,20H2,1-3H3. The molecule has 2 aromatic carbocycles. The molecule has 0 aliphatic heterocycles. The van der Waals surface area contributed by atoms with Crippen molar-refractivity contribution in [2.45, 2.75) is 13.0 Å². The van der Waals surface area contributed by atoms with Crippen LogP contribution in [0.5, 0.6) is 11.5 Å². The van der Waals surface area contributed by atoms with Crippen LogP contribution in [0.2, 0.25) is 0 Å². The van der Waals surface area contributed by atoms with Gasteiger partial charge in [-0.1, -0.05) is 36.4 Å². The zero-order valence-corrected chi connectivity index (χ0v) is 20.8. The van der Waals surface area contributed by atoms with Crippen LogP contribution in [-0.4, -0.2) is 53.4 Å². The van der Waals surface area contributed by atoms with Crippen LogP contribution in [0, 0.1) is 0 Å². The van der Waals surface area contributed by atoms with Gasteiger partial charge in [-0.2, -0.15) is 5.10 Å². The molecule has 0 unspecified atom stereocenters. The third-order valence-corrected chi connectivity index (χ3v) is 5.88. The third-order valence-electron chi connectivity index (χ3n) is 5.88. The summed E-state index contributed by atoms with van der Waals surface area (Å²) >= 11 is 0. The van der Waals surface area contributed by atoms with Gasteiger partial charge in [0.05, 0.1) is 20.8 Å². The molecular weight excluding hydrogens is 452 g/mol. The molecule has 0 aliphatic carbocycles. The van der Waals surface area contributed by atoms with Crippen molar-refractivity contribution in [2.24, 2.45) is 0 Å². The van der Waals surface area contributed by atoms with Crippen LogP contribution in [0.1, 0.15) is 16.7 Å². The van der Waals surface area contributed by atoms with Crippen LogP contribution in [0.15, 0.2) is 85.3 Å². The number of hydrogen-bond donors (Lipinski definition) is 0. The van der Waals surface area contributed by atoms with Gasteiger partial charge in [0.1, 0.15) is 5.69 Å². The number of carbonyl (C=O) groups is 1. The zero-order valence-electron chi connectivity index (χ0n) is 20.8. The molecule has 7 nitrogen and oxygen atoms in total. The highest BCUT2D eigenvalue weighted by Gasteiger charge is 2.12. The van der Waals surface area contributed by atoms with Crippen molar-refractivity contribution in [1.29, 1.82) is 0 Å². The van der Waals surface area contributed by atoms with E-state index in [2.05, 4.69) is 17.1 Å². The molecule has 0 saturated carbocycles. The first kappa shape index (κ1) is 24.7. The number of likely N-dealkylation sites (N-methyl/N-ethyl adjacent to an activating group) is 1. The lowest BCUT2D eigenvalue weighted by Gasteiger charge is -2.16. The SMILES string of the molecule is COc1ccc(CCN(C)C(=O)C=Cc2cn(Cc3ccccc3)nc2-c2cccnc2)cc1OC. The fraction of sp³-hybridized carbons (Fsp3) is 0.207. The van der Waals surface area contributed by atoms with Crippen molar-refractivity contribution in [3.05, 3.63) is 102 Å². The van der Waals surface area contributed by atoms with E-state index in [0.717, 1.165) is 27.9 Å². The first-order chi connectivity index (χ1) is 17.6. The fourth-order valence-corrected chi connectivity index (χ4v) is 3.87. The number of pyridine rings is 1. The van der Waals surface area contributed by atoms with E-state index in [9.17, 15) is 4.79 Å². The Bertz CT molecular complexity index is 1320. The lowest BCUT2D eigenvalue weighted by Crippen LogP contribution is -2.27. The molecule has 0 radical (unpaired) electrons. The second kappa shape index (κ2) is 11.8. The Hall–Kier alpha value is -4.39. The van der Waals surface area contributed by atoms with Crippen molar-refractivity contribution in [3.63, 3.8) is 0 Å². The second-order valence-corrected chi connectivity index (χ2v) is 8.39. The molecule has 0 bridgehead atoms. The third kappa shape index (κ3) is 6.18. The van der Waals surface area contributed by atoms with Gasteiger partial charge in [-0.05, 0) is 47.9 Å². The summed E-state index contributed by atoms with van der Waals surface area (Å²) in [5, 5.41) is 4.78. The van der Waals surface area contributed by atoms with E-state index in [1.807, 2.05) is 65.5 Å². The van der Waals surface area contributed by atoms with Crippen LogP contribution in [0.3, 0.4) is 0 Å². The highest BCUT2D eigenvalue weighted by atomic mass is 16.5. The molecule has 0 saturated heterocycles. The number of hydrogen-bond acceptors (Lipinski definition) is 5. The van der Waals surface area contributed by atoms with E-state index in [0.29, 0.717) is 31.0 Å². The number of aromatic nitrogens is 3. The maximum absolute atomic E-state index is 12.9. The molecule has 7 heteroatoms. The van der Waals surface area contributed by atoms with Gasteiger partial charge in [0.15, 0.2) is 11.5 Å². The predicted molar refractivity (Wildman–Crippen MR) is 141 cm³/mol. The van der Waals surface area contributed by atoms with Gasteiger partial charge in [-0.3, -0.25) is 14.5 Å². The number of methoxy groups -OCH3 is 2. The molecule has 2 heterocycles. The number of ether oxygens (including phenoxy) is 2. The summed E-state index contributed by atoms with van der Waals surface area (Å²) in [5.41, 5.74) is 4.77. The summed E-state index contributed by atoms with van der Waals surface area (Å²) in [6.07, 6.45) is 9.60. The van der Waals surface area contributed by atoms with Crippen molar-refractivity contribution in [1.82, 2.24) is 19.7 Å². The van der Waals surface area contributed by atoms with E-state index < -0.39 is 0 Å². The molecule has 0 atom stereocenters. The van der Waals surface area contributed by atoms with Gasteiger partial charge in [0.2, 0.25) is 5.91 Å². The Balaban J connectivity index is 1.47. The molecule has 4 aromatic rings. The van der Waals surface area contributed by atoms with E-state index in [1.54, 1.807) is 44.6 Å². The number of rotatable bonds is 10. The minimum Gasteiger partial charge on any atom is -0.493 e. The lowest BCUT2D eigenvalue weighted by atomic mass is 10.1. The van der Waals surface area contributed by atoms with Crippen LogP contribution in [-0.2, 0) is 17.8 Å². The van der Waals surface area contributed by atoms with E-state index in [4.69, 9.17) is 14.6 Å². The molecule has 0 N–H and O–H groups in total. The van der Waals surface area contributed by atoms with Gasteiger partial charge < -0.3 is 14.4 Å². The Morgan fingerprint density at radius 3 is 2.53 bits per heavy atom. The summed E-state index contributed by atoms with van der Waals surface area (Å²) in [7, 11) is 5.03. The number of carbonyl (C=O) groups excluding carboxylic acids is 1. The van der Waals surface area contributed by atoms with E-state index in [1.165, 1.54) is 0 Å². The first-order valence-electron chi connectivity index (χ1n) is 11.7. The second-order valence-electron chi connectivity index (χ2n) is 8.39. The Kier molecular flexibility index (Phi) is 8.13. The van der Waals surface area contributed by atoms with Crippen molar-refractivity contribution in [3.8, 4) is 22.8 Å². The average Bonchev–Trinajstić information content (AvgIpc) is 3.33. The minimum atomic E-state index is -0.0802. The quantitative estimate of drug-likeness (QED) is 0.306. The van der Waals surface area contributed by atoms with Gasteiger partial charge in [0.25, 0.3) is 0 Å². The molecule has 2 aromatic heterocycles.